The third-order valence-electron chi connectivity index (χ3n) is 2.64. The zero-order valence-electron chi connectivity index (χ0n) is 10.1. The van der Waals surface area contributed by atoms with Gasteiger partial charge in [-0.2, -0.15) is 0 Å². The van der Waals surface area contributed by atoms with E-state index in [9.17, 15) is 0 Å². The number of ether oxygens (including phenoxy) is 1. The molecule has 0 radical (unpaired) electrons. The molecule has 0 spiro atoms. The van der Waals surface area contributed by atoms with Crippen LogP contribution in [0.4, 0.5) is 0 Å². The highest BCUT2D eigenvalue weighted by Crippen LogP contribution is 2.12. The molecular weight excluding hydrogens is 210 g/mol. The lowest BCUT2D eigenvalue weighted by molar-refractivity contribution is 0.326. The van der Waals surface area contributed by atoms with Gasteiger partial charge in [0.25, 0.3) is 0 Å². The third kappa shape index (κ3) is 3.59. The van der Waals surface area contributed by atoms with Crippen molar-refractivity contribution in [1.29, 1.82) is 0 Å². The summed E-state index contributed by atoms with van der Waals surface area (Å²) >= 11 is 0. The number of hydrogen-bond acceptors (Lipinski definition) is 2. The molecule has 17 heavy (non-hydrogen) atoms. The molecule has 0 saturated heterocycles. The average Bonchev–Trinajstić information content (AvgIpc) is 2.39. The zero-order chi connectivity index (χ0) is 11.9. The van der Waals surface area contributed by atoms with Crippen LogP contribution < -0.4 is 4.74 Å². The number of pyridine rings is 1. The first kappa shape index (κ1) is 11.6. The molecule has 2 rings (SSSR count). The van der Waals surface area contributed by atoms with Crippen LogP contribution >= 0.6 is 0 Å². The Morgan fingerprint density at radius 2 is 1.76 bits per heavy atom. The monoisotopic (exact) mass is 227 g/mol. The predicted molar refractivity (Wildman–Crippen MR) is 69.3 cm³/mol. The fourth-order valence-electron chi connectivity index (χ4n) is 1.77. The Labute approximate surface area is 102 Å². The number of rotatable bonds is 5. The molecule has 1 aromatic carbocycles. The first-order valence-electron chi connectivity index (χ1n) is 6.00. The summed E-state index contributed by atoms with van der Waals surface area (Å²) in [6.07, 6.45) is 3.88. The maximum absolute atomic E-state index is 5.39. The molecule has 0 aliphatic heterocycles. The van der Waals surface area contributed by atoms with E-state index < -0.39 is 0 Å². The van der Waals surface area contributed by atoms with Gasteiger partial charge < -0.3 is 4.74 Å². The van der Waals surface area contributed by atoms with Gasteiger partial charge in [-0.1, -0.05) is 30.3 Å². The Balaban J connectivity index is 1.97. The molecule has 0 N–H and O–H groups in total. The number of aromatic nitrogens is 1. The maximum Gasteiger partial charge on any atom is 0.213 e. The second-order valence-corrected chi connectivity index (χ2v) is 3.92. The minimum absolute atomic E-state index is 0.662. The van der Waals surface area contributed by atoms with Crippen molar-refractivity contribution >= 4 is 0 Å². The van der Waals surface area contributed by atoms with Crippen molar-refractivity contribution in [2.75, 3.05) is 6.61 Å². The molecule has 0 unspecified atom stereocenters. The lowest BCUT2D eigenvalue weighted by Crippen LogP contribution is -1.96. The first-order valence-corrected chi connectivity index (χ1v) is 6.00. The molecule has 0 bridgehead atoms. The summed E-state index contributed by atoms with van der Waals surface area (Å²) < 4.78 is 5.39. The quantitative estimate of drug-likeness (QED) is 0.782. The van der Waals surface area contributed by atoms with E-state index in [1.807, 2.05) is 31.3 Å². The summed E-state index contributed by atoms with van der Waals surface area (Å²) in [4.78, 5) is 4.16. The van der Waals surface area contributed by atoms with Crippen LogP contribution in [0.1, 0.15) is 18.1 Å². The van der Waals surface area contributed by atoms with E-state index in [2.05, 4.69) is 29.2 Å². The van der Waals surface area contributed by atoms with Crippen molar-refractivity contribution in [3.05, 3.63) is 59.8 Å². The van der Waals surface area contributed by atoms with Crippen molar-refractivity contribution in [3.63, 3.8) is 0 Å². The van der Waals surface area contributed by atoms with E-state index in [1.54, 1.807) is 0 Å². The Hall–Kier alpha value is -1.83. The molecule has 0 saturated carbocycles. The van der Waals surface area contributed by atoms with Crippen LogP contribution in [0, 0.1) is 0 Å². The van der Waals surface area contributed by atoms with Gasteiger partial charge >= 0.3 is 0 Å². The minimum atomic E-state index is 0.662. The summed E-state index contributed by atoms with van der Waals surface area (Å²) in [7, 11) is 0. The van der Waals surface area contributed by atoms with Crippen molar-refractivity contribution in [2.45, 2.75) is 19.8 Å². The molecule has 2 aromatic rings. The van der Waals surface area contributed by atoms with Gasteiger partial charge in [-0.15, -0.1) is 0 Å². The van der Waals surface area contributed by atoms with Crippen LogP contribution in [0.5, 0.6) is 5.88 Å². The normalized spacial score (nSPS) is 10.2. The molecule has 88 valence electrons. The zero-order valence-corrected chi connectivity index (χ0v) is 10.1. The molecule has 0 aliphatic rings. The van der Waals surface area contributed by atoms with Crippen LogP contribution in [-0.2, 0) is 12.8 Å². The van der Waals surface area contributed by atoms with Crippen LogP contribution in [-0.4, -0.2) is 11.6 Å². The van der Waals surface area contributed by atoms with E-state index in [0.717, 1.165) is 18.7 Å². The highest BCUT2D eigenvalue weighted by atomic mass is 16.5. The first-order chi connectivity index (χ1) is 8.38. The predicted octanol–water partition coefficient (Wildman–Crippen LogP) is 3.27. The number of aryl methyl sites for hydroxylation is 2. The van der Waals surface area contributed by atoms with E-state index in [0.29, 0.717) is 6.61 Å². The minimum Gasteiger partial charge on any atom is -0.478 e. The Morgan fingerprint density at radius 1 is 1.00 bits per heavy atom. The molecule has 0 atom stereocenters. The van der Waals surface area contributed by atoms with Crippen molar-refractivity contribution in [2.24, 2.45) is 0 Å². The Bertz CT molecular complexity index is 453. The fraction of sp³-hybridized carbons (Fsp3) is 0.267. The standard InChI is InChI=1S/C15H17NO/c1-2-17-15-12-14(10-11-16-15)9-8-13-6-4-3-5-7-13/h3-7,10-12H,2,8-9H2,1H3. The van der Waals surface area contributed by atoms with Crippen LogP contribution in [0.15, 0.2) is 48.7 Å². The molecule has 1 heterocycles. The Kier molecular flexibility index (Phi) is 4.14. The summed E-state index contributed by atoms with van der Waals surface area (Å²) in [5.74, 6) is 0.720. The van der Waals surface area contributed by atoms with Crippen LogP contribution in [0.25, 0.3) is 0 Å². The summed E-state index contributed by atoms with van der Waals surface area (Å²) in [5, 5.41) is 0. The molecule has 0 aliphatic carbocycles. The number of benzene rings is 1. The number of nitrogens with zero attached hydrogens (tertiary/aromatic N) is 1. The van der Waals surface area contributed by atoms with Gasteiger partial charge in [-0.05, 0) is 37.0 Å². The van der Waals surface area contributed by atoms with Gasteiger partial charge in [0, 0.05) is 12.3 Å². The second-order valence-electron chi connectivity index (χ2n) is 3.92. The fourth-order valence-corrected chi connectivity index (χ4v) is 1.77. The van der Waals surface area contributed by atoms with Gasteiger partial charge in [0.05, 0.1) is 6.61 Å². The largest absolute Gasteiger partial charge is 0.478 e. The molecule has 2 nitrogen and oxygen atoms in total. The van der Waals surface area contributed by atoms with Crippen molar-refractivity contribution in [1.82, 2.24) is 4.98 Å². The summed E-state index contributed by atoms with van der Waals surface area (Å²) in [6.45, 7) is 2.63. The smallest absolute Gasteiger partial charge is 0.213 e. The summed E-state index contributed by atoms with van der Waals surface area (Å²) in [5.41, 5.74) is 2.63. The highest BCUT2D eigenvalue weighted by molar-refractivity contribution is 5.23. The van der Waals surface area contributed by atoms with Gasteiger partial charge in [0.15, 0.2) is 0 Å². The van der Waals surface area contributed by atoms with Crippen LogP contribution in [0.3, 0.4) is 0 Å². The lowest BCUT2D eigenvalue weighted by Gasteiger charge is -2.05. The molecule has 0 fully saturated rings. The van der Waals surface area contributed by atoms with Crippen molar-refractivity contribution < 1.29 is 4.74 Å². The molecule has 2 heteroatoms. The third-order valence-corrected chi connectivity index (χ3v) is 2.64. The van der Waals surface area contributed by atoms with Crippen molar-refractivity contribution in [3.8, 4) is 5.88 Å². The lowest BCUT2D eigenvalue weighted by atomic mass is 10.1. The topological polar surface area (TPSA) is 22.1 Å². The van der Waals surface area contributed by atoms with E-state index in [4.69, 9.17) is 4.74 Å². The van der Waals surface area contributed by atoms with Gasteiger partial charge in [-0.25, -0.2) is 4.98 Å². The molecular formula is C15H17NO. The molecule has 0 amide bonds. The van der Waals surface area contributed by atoms with E-state index in [1.165, 1.54) is 11.1 Å². The van der Waals surface area contributed by atoms with Gasteiger partial charge in [0.2, 0.25) is 5.88 Å². The summed E-state index contributed by atoms with van der Waals surface area (Å²) in [6, 6.07) is 14.6. The van der Waals surface area contributed by atoms with Crippen LogP contribution in [0.2, 0.25) is 0 Å². The average molecular weight is 227 g/mol. The SMILES string of the molecule is CCOc1cc(CCc2ccccc2)ccn1. The molecule has 1 aromatic heterocycles. The van der Waals surface area contributed by atoms with E-state index in [-0.39, 0.29) is 0 Å². The number of hydrogen-bond donors (Lipinski definition) is 0. The van der Waals surface area contributed by atoms with E-state index >= 15 is 0 Å². The Morgan fingerprint density at radius 3 is 2.53 bits per heavy atom. The highest BCUT2D eigenvalue weighted by Gasteiger charge is 1.98. The van der Waals surface area contributed by atoms with Gasteiger partial charge in [0.1, 0.15) is 0 Å². The maximum atomic E-state index is 5.39. The van der Waals surface area contributed by atoms with Gasteiger partial charge in [-0.3, -0.25) is 0 Å². The second kappa shape index (κ2) is 6.04.